The summed E-state index contributed by atoms with van der Waals surface area (Å²) in [7, 11) is 1.64. The minimum Gasteiger partial charge on any atom is -0.497 e. The first-order valence-corrected chi connectivity index (χ1v) is 10.5. The van der Waals surface area contributed by atoms with E-state index in [1.54, 1.807) is 14.0 Å². The number of hydrogen-bond donors (Lipinski definition) is 1. The molecule has 154 valence electrons. The van der Waals surface area contributed by atoms with Crippen molar-refractivity contribution in [2.75, 3.05) is 12.8 Å². The van der Waals surface area contributed by atoms with Crippen LogP contribution in [0.25, 0.3) is 5.70 Å². The summed E-state index contributed by atoms with van der Waals surface area (Å²) in [6, 6.07) is 15.4. The molecule has 0 saturated carbocycles. The molecule has 4 rings (SSSR count). The highest BCUT2D eigenvalue weighted by atomic mass is 32.2. The number of methoxy groups -OCH3 is 1. The summed E-state index contributed by atoms with van der Waals surface area (Å²) in [4.78, 5) is 19.8. The van der Waals surface area contributed by atoms with Gasteiger partial charge in [0.15, 0.2) is 5.17 Å². The lowest BCUT2D eigenvalue weighted by Gasteiger charge is -2.32. The average molecular weight is 422 g/mol. The summed E-state index contributed by atoms with van der Waals surface area (Å²) in [6.07, 6.45) is 2.39. The smallest absolute Gasteiger partial charge is 0.312 e. The number of esters is 1. The van der Waals surface area contributed by atoms with Crippen molar-refractivity contribution < 1.29 is 14.3 Å². The Morgan fingerprint density at radius 3 is 2.50 bits per heavy atom. The fourth-order valence-electron chi connectivity index (χ4n) is 3.33. The number of carbonyl (C=O) groups excluding carboxylic acids is 1. The van der Waals surface area contributed by atoms with Crippen molar-refractivity contribution in [2.24, 2.45) is 4.99 Å². The third-order valence-electron chi connectivity index (χ3n) is 4.94. The first-order valence-electron chi connectivity index (χ1n) is 9.69. The molecule has 0 fully saturated rings. The molecule has 7 heteroatoms. The number of nitrogens with two attached hydrogens (primary N) is 1. The Hall–Kier alpha value is -3.19. The average Bonchev–Trinajstić information content (AvgIpc) is 3.08. The van der Waals surface area contributed by atoms with Crippen LogP contribution in [0.15, 0.2) is 70.4 Å². The van der Waals surface area contributed by atoms with Crippen molar-refractivity contribution in [3.05, 3.63) is 76.5 Å². The summed E-state index contributed by atoms with van der Waals surface area (Å²) in [5, 5.41) is 0.779. The zero-order valence-corrected chi connectivity index (χ0v) is 17.9. The minimum atomic E-state index is -0.270. The summed E-state index contributed by atoms with van der Waals surface area (Å²) in [5.74, 6) is 1.05. The molecule has 2 aliphatic rings. The summed E-state index contributed by atoms with van der Waals surface area (Å²) < 4.78 is 11.0. The SMILES string of the molecule is CCC(=O)OC1=C(C)SC2=NC(c3ccc(N)cc3)=CC(c3ccc(OC)cc3)N21. The van der Waals surface area contributed by atoms with Gasteiger partial charge in [-0.25, -0.2) is 4.99 Å². The number of nitrogens with zero attached hydrogens (tertiary/aromatic N) is 2. The molecule has 0 amide bonds. The van der Waals surface area contributed by atoms with E-state index in [4.69, 9.17) is 20.2 Å². The van der Waals surface area contributed by atoms with E-state index in [0.717, 1.165) is 32.6 Å². The van der Waals surface area contributed by atoms with Gasteiger partial charge in [-0.1, -0.05) is 43.0 Å². The summed E-state index contributed by atoms with van der Waals surface area (Å²) >= 11 is 1.51. The molecular formula is C23H23N3O3S. The number of nitrogen functional groups attached to an aromatic ring is 1. The van der Waals surface area contributed by atoms with Crippen LogP contribution in [0.1, 0.15) is 37.4 Å². The first-order chi connectivity index (χ1) is 14.5. The predicted octanol–water partition coefficient (Wildman–Crippen LogP) is 4.92. The lowest BCUT2D eigenvalue weighted by Crippen LogP contribution is -2.32. The standard InChI is InChI=1S/C23H23N3O3S/c1-4-21(27)29-22-14(2)30-23-25-19(15-5-9-17(24)10-6-15)13-20(26(22)23)16-7-11-18(28-3)12-8-16/h5-13,20H,4,24H2,1-3H3. The van der Waals surface area contributed by atoms with Gasteiger partial charge in [0.05, 0.1) is 23.8 Å². The zero-order valence-electron chi connectivity index (χ0n) is 17.1. The highest BCUT2D eigenvalue weighted by Crippen LogP contribution is 2.45. The molecule has 2 N–H and O–H groups in total. The Bertz CT molecular complexity index is 1060. The molecule has 0 spiro atoms. The van der Waals surface area contributed by atoms with Crippen LogP contribution in [0.5, 0.6) is 5.75 Å². The maximum absolute atomic E-state index is 12.1. The third-order valence-corrected chi connectivity index (χ3v) is 5.89. The molecular weight excluding hydrogens is 398 g/mol. The van der Waals surface area contributed by atoms with Crippen molar-refractivity contribution in [3.63, 3.8) is 0 Å². The van der Waals surface area contributed by atoms with Gasteiger partial charge in [-0.15, -0.1) is 0 Å². The molecule has 2 aromatic carbocycles. The maximum Gasteiger partial charge on any atom is 0.312 e. The van der Waals surface area contributed by atoms with Crippen molar-refractivity contribution in [1.82, 2.24) is 4.90 Å². The first kappa shape index (κ1) is 20.1. The van der Waals surface area contributed by atoms with Crippen LogP contribution in [0.3, 0.4) is 0 Å². The second-order valence-electron chi connectivity index (χ2n) is 6.95. The number of hydrogen-bond acceptors (Lipinski definition) is 7. The molecule has 0 radical (unpaired) electrons. The second-order valence-corrected chi connectivity index (χ2v) is 8.13. The van der Waals surface area contributed by atoms with E-state index in [2.05, 4.69) is 6.08 Å². The number of carbonyl (C=O) groups is 1. The van der Waals surface area contributed by atoms with Gasteiger partial charge in [-0.3, -0.25) is 9.69 Å². The monoisotopic (exact) mass is 421 g/mol. The summed E-state index contributed by atoms with van der Waals surface area (Å²) in [5.41, 5.74) is 9.42. The van der Waals surface area contributed by atoms with E-state index in [-0.39, 0.29) is 12.0 Å². The number of rotatable bonds is 5. The van der Waals surface area contributed by atoms with E-state index in [9.17, 15) is 4.79 Å². The minimum absolute atomic E-state index is 0.180. The lowest BCUT2D eigenvalue weighted by atomic mass is 10.0. The van der Waals surface area contributed by atoms with Crippen LogP contribution in [-0.4, -0.2) is 23.1 Å². The van der Waals surface area contributed by atoms with Crippen molar-refractivity contribution in [3.8, 4) is 5.75 Å². The van der Waals surface area contributed by atoms with Crippen molar-refractivity contribution in [2.45, 2.75) is 26.3 Å². The van der Waals surface area contributed by atoms with E-state index >= 15 is 0 Å². The highest BCUT2D eigenvalue weighted by Gasteiger charge is 2.38. The van der Waals surface area contributed by atoms with Crippen LogP contribution in [0.4, 0.5) is 5.69 Å². The van der Waals surface area contributed by atoms with Crippen LogP contribution in [-0.2, 0) is 9.53 Å². The van der Waals surface area contributed by atoms with Crippen LogP contribution in [0, 0.1) is 0 Å². The number of ether oxygens (including phenoxy) is 2. The molecule has 0 aromatic heterocycles. The number of allylic oxidation sites excluding steroid dienone is 1. The van der Waals surface area contributed by atoms with Gasteiger partial charge in [0.25, 0.3) is 0 Å². The van der Waals surface area contributed by atoms with Crippen LogP contribution >= 0.6 is 11.8 Å². The van der Waals surface area contributed by atoms with E-state index < -0.39 is 0 Å². The predicted molar refractivity (Wildman–Crippen MR) is 121 cm³/mol. The largest absolute Gasteiger partial charge is 0.497 e. The Morgan fingerprint density at radius 1 is 1.17 bits per heavy atom. The Morgan fingerprint density at radius 2 is 1.87 bits per heavy atom. The number of aliphatic imine (C=N–C) groups is 1. The van der Waals surface area contributed by atoms with E-state index in [1.165, 1.54) is 11.8 Å². The molecule has 0 aliphatic carbocycles. The fourth-order valence-corrected chi connectivity index (χ4v) is 4.27. The number of fused-ring (bicyclic) bond motifs is 1. The van der Waals surface area contributed by atoms with Gasteiger partial charge in [0.2, 0.25) is 5.88 Å². The van der Waals surface area contributed by atoms with Crippen molar-refractivity contribution >= 4 is 34.3 Å². The molecule has 2 aromatic rings. The second kappa shape index (κ2) is 8.28. The fraction of sp³-hybridized carbons (Fsp3) is 0.217. The third kappa shape index (κ3) is 3.80. The molecule has 0 bridgehead atoms. The van der Waals surface area contributed by atoms with Gasteiger partial charge in [0, 0.05) is 17.7 Å². The molecule has 1 atom stereocenters. The Kier molecular flexibility index (Phi) is 5.55. The van der Waals surface area contributed by atoms with Gasteiger partial charge >= 0.3 is 5.97 Å². The molecule has 6 nitrogen and oxygen atoms in total. The van der Waals surface area contributed by atoms with Crippen LogP contribution in [0.2, 0.25) is 0 Å². The van der Waals surface area contributed by atoms with Gasteiger partial charge in [0.1, 0.15) is 5.75 Å². The quantitative estimate of drug-likeness (QED) is 0.545. The molecule has 2 heterocycles. The molecule has 30 heavy (non-hydrogen) atoms. The van der Waals surface area contributed by atoms with E-state index in [1.807, 2.05) is 60.4 Å². The number of benzene rings is 2. The number of amidine groups is 1. The van der Waals surface area contributed by atoms with E-state index in [0.29, 0.717) is 18.0 Å². The van der Waals surface area contributed by atoms with Crippen LogP contribution < -0.4 is 10.5 Å². The highest BCUT2D eigenvalue weighted by molar-refractivity contribution is 8.17. The Labute approximate surface area is 180 Å². The maximum atomic E-state index is 12.1. The Balaban J connectivity index is 1.78. The van der Waals surface area contributed by atoms with Gasteiger partial charge in [-0.2, -0.15) is 0 Å². The van der Waals surface area contributed by atoms with Crippen molar-refractivity contribution in [1.29, 1.82) is 0 Å². The molecule has 1 unspecified atom stereocenters. The molecule has 2 aliphatic heterocycles. The number of anilines is 1. The summed E-state index contributed by atoms with van der Waals surface area (Å²) in [6.45, 7) is 3.73. The van der Waals surface area contributed by atoms with Gasteiger partial charge < -0.3 is 15.2 Å². The topological polar surface area (TPSA) is 77.1 Å². The normalized spacial score (nSPS) is 18.0. The zero-order chi connectivity index (χ0) is 21.3. The van der Waals surface area contributed by atoms with Gasteiger partial charge in [-0.05, 0) is 42.8 Å². The number of thioether (sulfide) groups is 1. The molecule has 0 saturated heterocycles. The lowest BCUT2D eigenvalue weighted by molar-refractivity contribution is -0.141.